The smallest absolute Gasteiger partial charge is 0.336 e. The number of rotatable bonds is 0. The van der Waals surface area contributed by atoms with E-state index < -0.39 is 0 Å². The minimum Gasteiger partial charge on any atom is -0.423 e. The van der Waals surface area contributed by atoms with Gasteiger partial charge in [-0.1, -0.05) is 0 Å². The van der Waals surface area contributed by atoms with Crippen LogP contribution in [0, 0.1) is 3.57 Å². The van der Waals surface area contributed by atoms with Gasteiger partial charge in [0.25, 0.3) is 0 Å². The first kappa shape index (κ1) is 7.79. The molecule has 12 heavy (non-hydrogen) atoms. The molecule has 3 heteroatoms. The molecule has 0 amide bonds. The fourth-order valence-electron chi connectivity index (χ4n) is 1.04. The van der Waals surface area contributed by atoms with E-state index in [4.69, 9.17) is 4.42 Å². The molecular formula is C9H5IO2. The van der Waals surface area contributed by atoms with Crippen LogP contribution in [-0.4, -0.2) is 0 Å². The average Bonchev–Trinajstić information content (AvgIpc) is 2.05. The first-order valence-electron chi connectivity index (χ1n) is 3.45. The third-order valence-corrected chi connectivity index (χ3v) is 2.25. The summed E-state index contributed by atoms with van der Waals surface area (Å²) in [7, 11) is 0. The maximum absolute atomic E-state index is 10.8. The molecule has 1 aromatic carbocycles. The van der Waals surface area contributed by atoms with Crippen LogP contribution in [0.3, 0.4) is 0 Å². The SMILES string of the molecule is O=c1ccc2cc(I)ccc2o1. The summed E-state index contributed by atoms with van der Waals surface area (Å²) in [4.78, 5) is 10.8. The van der Waals surface area contributed by atoms with Crippen molar-refractivity contribution in [3.63, 3.8) is 0 Å². The van der Waals surface area contributed by atoms with Crippen LogP contribution in [0.25, 0.3) is 11.0 Å². The van der Waals surface area contributed by atoms with Crippen LogP contribution in [0.15, 0.2) is 39.5 Å². The molecule has 0 atom stereocenters. The molecule has 0 radical (unpaired) electrons. The number of halogens is 1. The van der Waals surface area contributed by atoms with E-state index in [2.05, 4.69) is 22.6 Å². The molecule has 2 nitrogen and oxygen atoms in total. The highest BCUT2D eigenvalue weighted by atomic mass is 127. The molecule has 0 N–H and O–H groups in total. The quantitative estimate of drug-likeness (QED) is 0.544. The zero-order chi connectivity index (χ0) is 8.55. The third kappa shape index (κ3) is 1.36. The van der Waals surface area contributed by atoms with Crippen molar-refractivity contribution in [3.05, 3.63) is 44.3 Å². The molecule has 0 saturated carbocycles. The highest BCUT2D eigenvalue weighted by molar-refractivity contribution is 14.1. The molecule has 2 aromatic rings. The molecule has 0 saturated heterocycles. The van der Waals surface area contributed by atoms with Crippen LogP contribution < -0.4 is 5.63 Å². The van der Waals surface area contributed by atoms with E-state index in [9.17, 15) is 4.79 Å². The first-order valence-corrected chi connectivity index (χ1v) is 4.53. The minimum atomic E-state index is -0.302. The summed E-state index contributed by atoms with van der Waals surface area (Å²) in [5, 5.41) is 0.960. The molecule has 60 valence electrons. The van der Waals surface area contributed by atoms with E-state index in [0.29, 0.717) is 5.58 Å². The summed E-state index contributed by atoms with van der Waals surface area (Å²) in [5.41, 5.74) is 0.339. The van der Waals surface area contributed by atoms with Gasteiger partial charge >= 0.3 is 5.63 Å². The molecule has 1 heterocycles. The lowest BCUT2D eigenvalue weighted by Crippen LogP contribution is -1.93. The van der Waals surface area contributed by atoms with Crippen molar-refractivity contribution < 1.29 is 4.42 Å². The number of hydrogen-bond donors (Lipinski definition) is 0. The van der Waals surface area contributed by atoms with E-state index in [1.807, 2.05) is 12.1 Å². The molecule has 0 aliphatic carbocycles. The van der Waals surface area contributed by atoms with Crippen molar-refractivity contribution in [2.24, 2.45) is 0 Å². The van der Waals surface area contributed by atoms with E-state index >= 15 is 0 Å². The summed E-state index contributed by atoms with van der Waals surface area (Å²) >= 11 is 2.22. The number of benzene rings is 1. The molecule has 0 fully saturated rings. The fourth-order valence-corrected chi connectivity index (χ4v) is 1.56. The van der Waals surface area contributed by atoms with E-state index in [1.165, 1.54) is 6.07 Å². The largest absolute Gasteiger partial charge is 0.423 e. The molecule has 0 aliphatic heterocycles. The fraction of sp³-hybridized carbons (Fsp3) is 0. The van der Waals surface area contributed by atoms with Gasteiger partial charge in [-0.15, -0.1) is 0 Å². The predicted molar refractivity (Wildman–Crippen MR) is 55.2 cm³/mol. The van der Waals surface area contributed by atoms with E-state index in [1.54, 1.807) is 12.1 Å². The van der Waals surface area contributed by atoms with Gasteiger partial charge in [0.05, 0.1) is 0 Å². The summed E-state index contributed by atoms with van der Waals surface area (Å²) in [5.74, 6) is 0. The van der Waals surface area contributed by atoms with Crippen molar-refractivity contribution in [2.45, 2.75) is 0 Å². The van der Waals surface area contributed by atoms with Crippen molar-refractivity contribution >= 4 is 33.6 Å². The van der Waals surface area contributed by atoms with Gasteiger partial charge in [0.15, 0.2) is 0 Å². The first-order chi connectivity index (χ1) is 5.75. The van der Waals surface area contributed by atoms with Crippen molar-refractivity contribution in [3.8, 4) is 0 Å². The molecule has 2 rings (SSSR count). The van der Waals surface area contributed by atoms with E-state index in [-0.39, 0.29) is 5.63 Å². The Morgan fingerprint density at radius 3 is 2.83 bits per heavy atom. The second-order valence-electron chi connectivity index (χ2n) is 2.44. The maximum Gasteiger partial charge on any atom is 0.336 e. The Labute approximate surface area is 82.3 Å². The topological polar surface area (TPSA) is 30.2 Å². The third-order valence-electron chi connectivity index (χ3n) is 1.58. The van der Waals surface area contributed by atoms with Crippen LogP contribution >= 0.6 is 22.6 Å². The lowest BCUT2D eigenvalue weighted by molar-refractivity contribution is 0.561. The summed E-state index contributed by atoms with van der Waals surface area (Å²) in [6.45, 7) is 0. The van der Waals surface area contributed by atoms with Gasteiger partial charge in [-0.2, -0.15) is 0 Å². The van der Waals surface area contributed by atoms with Crippen LogP contribution in [0.5, 0.6) is 0 Å². The molecule has 1 aromatic heterocycles. The minimum absolute atomic E-state index is 0.302. The number of fused-ring (bicyclic) bond motifs is 1. The zero-order valence-corrected chi connectivity index (χ0v) is 8.24. The maximum atomic E-state index is 10.8. The zero-order valence-electron chi connectivity index (χ0n) is 6.08. The summed E-state index contributed by atoms with van der Waals surface area (Å²) in [6, 6.07) is 8.88. The summed E-state index contributed by atoms with van der Waals surface area (Å²) in [6.07, 6.45) is 0. The van der Waals surface area contributed by atoms with Crippen molar-refractivity contribution in [1.29, 1.82) is 0 Å². The molecule has 0 spiro atoms. The molecule has 0 bridgehead atoms. The Kier molecular flexibility index (Phi) is 1.88. The standard InChI is InChI=1S/C9H5IO2/c10-7-2-3-8-6(5-7)1-4-9(11)12-8/h1-5H. The van der Waals surface area contributed by atoms with Gasteiger partial charge in [-0.3, -0.25) is 0 Å². The van der Waals surface area contributed by atoms with Crippen LogP contribution in [0.2, 0.25) is 0 Å². The Balaban J connectivity index is 2.87. The average molecular weight is 272 g/mol. The second-order valence-corrected chi connectivity index (χ2v) is 3.68. The monoisotopic (exact) mass is 272 g/mol. The predicted octanol–water partition coefficient (Wildman–Crippen LogP) is 2.40. The lowest BCUT2D eigenvalue weighted by Gasteiger charge is -1.94. The Bertz CT molecular complexity index is 473. The van der Waals surface area contributed by atoms with Crippen molar-refractivity contribution in [2.75, 3.05) is 0 Å². The van der Waals surface area contributed by atoms with Crippen LogP contribution in [0.1, 0.15) is 0 Å². The summed E-state index contributed by atoms with van der Waals surface area (Å²) < 4.78 is 6.09. The Hall–Kier alpha value is -0.840. The molecule has 0 unspecified atom stereocenters. The van der Waals surface area contributed by atoms with Crippen molar-refractivity contribution in [1.82, 2.24) is 0 Å². The normalized spacial score (nSPS) is 10.4. The lowest BCUT2D eigenvalue weighted by atomic mass is 10.2. The van der Waals surface area contributed by atoms with E-state index in [0.717, 1.165) is 8.96 Å². The van der Waals surface area contributed by atoms with Gasteiger partial charge in [0.1, 0.15) is 5.58 Å². The van der Waals surface area contributed by atoms with Gasteiger partial charge in [-0.05, 0) is 46.9 Å². The second kappa shape index (κ2) is 2.90. The van der Waals surface area contributed by atoms with Crippen LogP contribution in [-0.2, 0) is 0 Å². The van der Waals surface area contributed by atoms with Gasteiger partial charge in [0, 0.05) is 15.0 Å². The Morgan fingerprint density at radius 2 is 2.00 bits per heavy atom. The highest BCUT2D eigenvalue weighted by Gasteiger charge is 1.95. The highest BCUT2D eigenvalue weighted by Crippen LogP contribution is 2.14. The molecule has 0 aliphatic rings. The number of hydrogen-bond acceptors (Lipinski definition) is 2. The van der Waals surface area contributed by atoms with Crippen LogP contribution in [0.4, 0.5) is 0 Å². The van der Waals surface area contributed by atoms with Gasteiger partial charge in [0.2, 0.25) is 0 Å². The Morgan fingerprint density at radius 1 is 1.17 bits per heavy atom. The molecular weight excluding hydrogens is 267 g/mol. The van der Waals surface area contributed by atoms with Gasteiger partial charge in [-0.25, -0.2) is 4.79 Å². The van der Waals surface area contributed by atoms with Gasteiger partial charge < -0.3 is 4.42 Å².